The Labute approximate surface area is 212 Å². The van der Waals surface area contributed by atoms with Crippen LogP contribution in [0.3, 0.4) is 0 Å². The number of amides is 2. The minimum absolute atomic E-state index is 0.0387. The van der Waals surface area contributed by atoms with E-state index >= 15 is 0 Å². The highest BCUT2D eigenvalue weighted by molar-refractivity contribution is 6.42. The summed E-state index contributed by atoms with van der Waals surface area (Å²) in [7, 11) is 0. The number of hydrogen-bond donors (Lipinski definition) is 1. The molecule has 0 spiro atoms. The highest BCUT2D eigenvalue weighted by Gasteiger charge is 2.37. The topological polar surface area (TPSA) is 65.1 Å². The van der Waals surface area contributed by atoms with Crippen LogP contribution in [0.15, 0.2) is 18.2 Å². The fourth-order valence-electron chi connectivity index (χ4n) is 5.41. The zero-order chi connectivity index (χ0) is 23.9. The molecule has 0 bridgehead atoms. The van der Waals surface area contributed by atoms with Gasteiger partial charge in [0.05, 0.1) is 29.3 Å². The zero-order valence-electron chi connectivity index (χ0n) is 19.8. The highest BCUT2D eigenvalue weighted by atomic mass is 35.5. The van der Waals surface area contributed by atoms with Gasteiger partial charge in [0.25, 0.3) is 5.91 Å². The lowest BCUT2D eigenvalue weighted by Gasteiger charge is -2.40. The van der Waals surface area contributed by atoms with Gasteiger partial charge >= 0.3 is 0 Å². The van der Waals surface area contributed by atoms with Gasteiger partial charge in [0.15, 0.2) is 0 Å². The first-order valence-electron chi connectivity index (χ1n) is 12.6. The maximum absolute atomic E-state index is 13.3. The molecule has 2 saturated heterocycles. The summed E-state index contributed by atoms with van der Waals surface area (Å²) < 4.78 is 5.40. The highest BCUT2D eigenvalue weighted by Crippen LogP contribution is 2.31. The number of halogens is 2. The first-order chi connectivity index (χ1) is 16.5. The van der Waals surface area contributed by atoms with Crippen LogP contribution in [0.1, 0.15) is 42.5 Å². The van der Waals surface area contributed by atoms with Gasteiger partial charge in [-0.3, -0.25) is 19.4 Å². The Kier molecular flexibility index (Phi) is 9.48. The Morgan fingerprint density at radius 2 is 1.71 bits per heavy atom. The van der Waals surface area contributed by atoms with Crippen LogP contribution in [0.2, 0.25) is 10.0 Å². The summed E-state index contributed by atoms with van der Waals surface area (Å²) in [6.45, 7) is 7.87. The maximum Gasteiger partial charge on any atom is 0.253 e. The van der Waals surface area contributed by atoms with Crippen molar-refractivity contribution in [3.8, 4) is 0 Å². The van der Waals surface area contributed by atoms with Crippen LogP contribution < -0.4 is 5.32 Å². The van der Waals surface area contributed by atoms with Crippen molar-refractivity contribution >= 4 is 35.0 Å². The molecule has 7 nitrogen and oxygen atoms in total. The van der Waals surface area contributed by atoms with E-state index in [9.17, 15) is 9.59 Å². The molecule has 1 aromatic carbocycles. The van der Waals surface area contributed by atoms with E-state index in [0.717, 1.165) is 52.1 Å². The van der Waals surface area contributed by atoms with Gasteiger partial charge < -0.3 is 15.0 Å². The largest absolute Gasteiger partial charge is 0.379 e. The van der Waals surface area contributed by atoms with Crippen molar-refractivity contribution in [1.29, 1.82) is 0 Å². The van der Waals surface area contributed by atoms with Crippen molar-refractivity contribution in [2.45, 2.75) is 38.1 Å². The van der Waals surface area contributed by atoms with Crippen LogP contribution in [-0.4, -0.2) is 98.1 Å². The van der Waals surface area contributed by atoms with Gasteiger partial charge in [0.2, 0.25) is 5.91 Å². The lowest BCUT2D eigenvalue weighted by atomic mass is 9.95. The van der Waals surface area contributed by atoms with E-state index in [1.165, 1.54) is 12.8 Å². The van der Waals surface area contributed by atoms with E-state index in [1.807, 2.05) is 4.90 Å². The molecule has 3 fully saturated rings. The standard InChI is InChI=1S/C25H36Cl2N4O3/c26-21-7-6-20(18-22(21)27)25(33)31-12-10-30(11-13-31)23(19-4-1-2-5-19)24(32)28-8-3-9-29-14-16-34-17-15-29/h6-7,18-19,23H,1-5,8-17H2,(H,28,32). The summed E-state index contributed by atoms with van der Waals surface area (Å²) in [4.78, 5) is 32.8. The Morgan fingerprint density at radius 3 is 2.38 bits per heavy atom. The number of rotatable bonds is 8. The van der Waals surface area contributed by atoms with Crippen molar-refractivity contribution in [3.05, 3.63) is 33.8 Å². The zero-order valence-corrected chi connectivity index (χ0v) is 21.3. The normalized spacial score (nSPS) is 21.5. The molecule has 2 aliphatic heterocycles. The van der Waals surface area contributed by atoms with Crippen molar-refractivity contribution in [1.82, 2.24) is 20.0 Å². The number of morpholine rings is 1. The second-order valence-electron chi connectivity index (χ2n) is 9.55. The van der Waals surface area contributed by atoms with E-state index in [4.69, 9.17) is 27.9 Å². The van der Waals surface area contributed by atoms with Crippen molar-refractivity contribution in [2.75, 3.05) is 65.6 Å². The smallest absolute Gasteiger partial charge is 0.253 e. The molecule has 4 rings (SSSR count). The summed E-state index contributed by atoms with van der Waals surface area (Å²) in [6.07, 6.45) is 5.56. The Bertz CT molecular complexity index is 835. The van der Waals surface area contributed by atoms with Gasteiger partial charge in [0, 0.05) is 51.4 Å². The van der Waals surface area contributed by atoms with Crippen LogP contribution in [0, 0.1) is 5.92 Å². The first kappa shape index (κ1) is 25.7. The third-order valence-electron chi connectivity index (χ3n) is 7.33. The van der Waals surface area contributed by atoms with Crippen LogP contribution in [-0.2, 0) is 9.53 Å². The van der Waals surface area contributed by atoms with Crippen molar-refractivity contribution < 1.29 is 14.3 Å². The summed E-state index contributed by atoms with van der Waals surface area (Å²) in [5.41, 5.74) is 0.549. The molecule has 188 valence electrons. The minimum atomic E-state index is -0.104. The van der Waals surface area contributed by atoms with Crippen LogP contribution in [0.4, 0.5) is 0 Å². The quantitative estimate of drug-likeness (QED) is 0.544. The van der Waals surface area contributed by atoms with Gasteiger partial charge in [-0.15, -0.1) is 0 Å². The van der Waals surface area contributed by atoms with E-state index in [0.29, 0.717) is 54.3 Å². The third kappa shape index (κ3) is 6.64. The predicted octanol–water partition coefficient (Wildman–Crippen LogP) is 3.15. The Hall–Kier alpha value is -1.38. The van der Waals surface area contributed by atoms with Crippen LogP contribution in [0.25, 0.3) is 0 Å². The molecule has 1 aromatic rings. The molecule has 1 unspecified atom stereocenters. The number of piperazine rings is 1. The monoisotopic (exact) mass is 510 g/mol. The summed E-state index contributed by atoms with van der Waals surface area (Å²) in [6, 6.07) is 4.90. The molecule has 1 atom stereocenters. The van der Waals surface area contributed by atoms with Crippen molar-refractivity contribution in [2.24, 2.45) is 5.92 Å². The van der Waals surface area contributed by atoms with Crippen LogP contribution in [0.5, 0.6) is 0 Å². The molecule has 3 aliphatic rings. The molecule has 1 saturated carbocycles. The maximum atomic E-state index is 13.3. The summed E-state index contributed by atoms with van der Waals surface area (Å²) in [5, 5.41) is 4.05. The number of carbonyl (C=O) groups is 2. The molecule has 34 heavy (non-hydrogen) atoms. The van der Waals surface area contributed by atoms with Gasteiger partial charge in [-0.25, -0.2) is 0 Å². The van der Waals surface area contributed by atoms with E-state index in [2.05, 4.69) is 15.1 Å². The van der Waals surface area contributed by atoms with Crippen molar-refractivity contribution in [3.63, 3.8) is 0 Å². The molecule has 2 amide bonds. The number of ether oxygens (including phenoxy) is 1. The molecule has 2 heterocycles. The Morgan fingerprint density at radius 1 is 1.00 bits per heavy atom. The number of carbonyl (C=O) groups excluding carboxylic acids is 2. The van der Waals surface area contributed by atoms with Gasteiger partial charge in [-0.2, -0.15) is 0 Å². The van der Waals surface area contributed by atoms with Gasteiger partial charge in [-0.05, 0) is 49.9 Å². The number of nitrogens with zero attached hydrogens (tertiary/aromatic N) is 3. The molecule has 9 heteroatoms. The fourth-order valence-corrected chi connectivity index (χ4v) is 5.71. The fraction of sp³-hybridized carbons (Fsp3) is 0.680. The minimum Gasteiger partial charge on any atom is -0.379 e. The first-order valence-corrected chi connectivity index (χ1v) is 13.3. The van der Waals surface area contributed by atoms with Crippen LogP contribution >= 0.6 is 23.2 Å². The summed E-state index contributed by atoms with van der Waals surface area (Å²) >= 11 is 12.1. The molecule has 0 radical (unpaired) electrons. The van der Waals surface area contributed by atoms with Gasteiger partial charge in [-0.1, -0.05) is 36.0 Å². The second-order valence-corrected chi connectivity index (χ2v) is 10.4. The molecule has 0 aromatic heterocycles. The van der Waals surface area contributed by atoms with E-state index < -0.39 is 0 Å². The molecular weight excluding hydrogens is 475 g/mol. The number of benzene rings is 1. The van der Waals surface area contributed by atoms with E-state index in [-0.39, 0.29) is 17.9 Å². The molecule has 1 aliphatic carbocycles. The number of nitrogens with one attached hydrogen (secondary N) is 1. The Balaban J connectivity index is 1.29. The second kappa shape index (κ2) is 12.5. The average Bonchev–Trinajstić information content (AvgIpc) is 3.39. The third-order valence-corrected chi connectivity index (χ3v) is 8.07. The SMILES string of the molecule is O=C(NCCCN1CCOCC1)C(C1CCCC1)N1CCN(C(=O)c2ccc(Cl)c(Cl)c2)CC1. The predicted molar refractivity (Wildman–Crippen MR) is 135 cm³/mol. The molecular formula is C25H36Cl2N4O3. The molecule has 1 N–H and O–H groups in total. The van der Waals surface area contributed by atoms with E-state index in [1.54, 1.807) is 18.2 Å². The lowest BCUT2D eigenvalue weighted by Crippen LogP contribution is -2.58. The summed E-state index contributed by atoms with van der Waals surface area (Å²) in [5.74, 6) is 0.512. The number of hydrogen-bond acceptors (Lipinski definition) is 5. The average molecular weight is 511 g/mol. The van der Waals surface area contributed by atoms with Gasteiger partial charge in [0.1, 0.15) is 0 Å². The lowest BCUT2D eigenvalue weighted by molar-refractivity contribution is -0.129.